The number of carbonyl (C=O) groups excluding carboxylic acids is 2. The standard InChI is InChI=1S/C28H32FN3O5S/c1-5-30-28(34)21(3)31(18-22-8-6-7-9-26(22)29)27(33)19-32(23-12-14-24(37-4)15-13-23)38(35,36)25-16-10-20(2)11-17-25/h6-17,21H,5,18-19H2,1-4H3,(H,30,34)/t21-/m1/s1. The Bertz CT molecular complexity index is 1360. The number of carbonyl (C=O) groups is 2. The minimum Gasteiger partial charge on any atom is -0.497 e. The summed E-state index contributed by atoms with van der Waals surface area (Å²) < 4.78 is 48.2. The number of amides is 2. The number of anilines is 1. The Morgan fingerprint density at radius 3 is 2.21 bits per heavy atom. The molecule has 0 saturated heterocycles. The first kappa shape index (κ1) is 28.6. The molecule has 0 heterocycles. The maximum absolute atomic E-state index is 14.5. The number of ether oxygens (including phenoxy) is 1. The average molecular weight is 542 g/mol. The topological polar surface area (TPSA) is 96.0 Å². The molecule has 202 valence electrons. The van der Waals surface area contributed by atoms with Gasteiger partial charge in [-0.25, -0.2) is 12.8 Å². The summed E-state index contributed by atoms with van der Waals surface area (Å²) in [6.07, 6.45) is 0. The van der Waals surface area contributed by atoms with Crippen molar-refractivity contribution in [2.75, 3.05) is 24.5 Å². The Morgan fingerprint density at radius 1 is 1.00 bits per heavy atom. The summed E-state index contributed by atoms with van der Waals surface area (Å²) in [5.74, 6) is -1.13. The molecule has 3 aromatic rings. The van der Waals surface area contributed by atoms with Crippen LogP contribution in [-0.2, 0) is 26.2 Å². The molecule has 38 heavy (non-hydrogen) atoms. The van der Waals surface area contributed by atoms with Gasteiger partial charge in [0.25, 0.3) is 10.0 Å². The van der Waals surface area contributed by atoms with E-state index in [4.69, 9.17) is 4.74 Å². The maximum Gasteiger partial charge on any atom is 0.264 e. The number of nitrogens with one attached hydrogen (secondary N) is 1. The highest BCUT2D eigenvalue weighted by atomic mass is 32.2. The van der Waals surface area contributed by atoms with Gasteiger partial charge in [0.05, 0.1) is 17.7 Å². The van der Waals surface area contributed by atoms with Gasteiger partial charge >= 0.3 is 0 Å². The van der Waals surface area contributed by atoms with E-state index in [0.29, 0.717) is 12.3 Å². The minimum absolute atomic E-state index is 0.00384. The predicted molar refractivity (Wildman–Crippen MR) is 144 cm³/mol. The minimum atomic E-state index is -4.19. The van der Waals surface area contributed by atoms with Crippen LogP contribution in [0.2, 0.25) is 0 Å². The van der Waals surface area contributed by atoms with Crippen molar-refractivity contribution in [3.8, 4) is 5.75 Å². The normalized spacial score (nSPS) is 11.9. The molecule has 0 unspecified atom stereocenters. The molecule has 0 radical (unpaired) electrons. The predicted octanol–water partition coefficient (Wildman–Crippen LogP) is 3.89. The van der Waals surface area contributed by atoms with Crippen molar-refractivity contribution in [2.24, 2.45) is 0 Å². The number of hydrogen-bond acceptors (Lipinski definition) is 5. The lowest BCUT2D eigenvalue weighted by atomic mass is 10.1. The summed E-state index contributed by atoms with van der Waals surface area (Å²) in [5, 5.41) is 2.67. The third-order valence-corrected chi connectivity index (χ3v) is 7.85. The van der Waals surface area contributed by atoms with Gasteiger partial charge in [-0.3, -0.25) is 13.9 Å². The highest BCUT2D eigenvalue weighted by molar-refractivity contribution is 7.92. The quantitative estimate of drug-likeness (QED) is 0.397. The molecule has 0 spiro atoms. The van der Waals surface area contributed by atoms with E-state index in [1.165, 1.54) is 61.4 Å². The molecular weight excluding hydrogens is 509 g/mol. The number of benzene rings is 3. The molecule has 0 fully saturated rings. The van der Waals surface area contributed by atoms with E-state index in [0.717, 1.165) is 9.87 Å². The Kier molecular flexibility index (Phi) is 9.46. The number of rotatable bonds is 11. The first-order valence-corrected chi connectivity index (χ1v) is 13.6. The number of halogens is 1. The first-order valence-electron chi connectivity index (χ1n) is 12.1. The summed E-state index contributed by atoms with van der Waals surface area (Å²) in [6, 6.07) is 17.5. The molecule has 0 aliphatic heterocycles. The van der Waals surface area contributed by atoms with Crippen LogP contribution in [0, 0.1) is 12.7 Å². The second-order valence-electron chi connectivity index (χ2n) is 8.71. The number of aryl methyl sites for hydroxylation is 1. The van der Waals surface area contributed by atoms with Crippen LogP contribution in [0.15, 0.2) is 77.7 Å². The van der Waals surface area contributed by atoms with Crippen molar-refractivity contribution in [1.29, 1.82) is 0 Å². The van der Waals surface area contributed by atoms with Crippen molar-refractivity contribution < 1.29 is 27.1 Å². The number of hydrogen-bond donors (Lipinski definition) is 1. The molecule has 1 atom stereocenters. The van der Waals surface area contributed by atoms with Gasteiger partial charge in [0, 0.05) is 18.7 Å². The average Bonchev–Trinajstić information content (AvgIpc) is 2.91. The molecule has 3 aromatic carbocycles. The van der Waals surface area contributed by atoms with Crippen molar-refractivity contribution in [3.63, 3.8) is 0 Å². The van der Waals surface area contributed by atoms with Crippen LogP contribution in [0.25, 0.3) is 0 Å². The summed E-state index contributed by atoms with van der Waals surface area (Å²) in [5.41, 5.74) is 1.31. The molecule has 0 saturated carbocycles. The molecular formula is C28H32FN3O5S. The number of nitrogens with zero attached hydrogens (tertiary/aromatic N) is 2. The monoisotopic (exact) mass is 541 g/mol. The van der Waals surface area contributed by atoms with Gasteiger partial charge in [-0.1, -0.05) is 35.9 Å². The van der Waals surface area contributed by atoms with E-state index in [1.54, 1.807) is 37.3 Å². The third-order valence-electron chi connectivity index (χ3n) is 6.07. The molecule has 2 amide bonds. The fourth-order valence-corrected chi connectivity index (χ4v) is 5.24. The lowest BCUT2D eigenvalue weighted by Gasteiger charge is -2.32. The van der Waals surface area contributed by atoms with Gasteiger partial charge in [-0.2, -0.15) is 0 Å². The largest absolute Gasteiger partial charge is 0.497 e. The van der Waals surface area contributed by atoms with Crippen LogP contribution in [-0.4, -0.2) is 51.4 Å². The smallest absolute Gasteiger partial charge is 0.264 e. The zero-order valence-electron chi connectivity index (χ0n) is 21.8. The lowest BCUT2D eigenvalue weighted by Crippen LogP contribution is -2.51. The fraction of sp³-hybridized carbons (Fsp3) is 0.286. The molecule has 3 rings (SSSR count). The van der Waals surface area contributed by atoms with Crippen LogP contribution in [0.5, 0.6) is 5.75 Å². The van der Waals surface area contributed by atoms with Crippen molar-refractivity contribution in [2.45, 2.75) is 38.3 Å². The van der Waals surface area contributed by atoms with E-state index in [-0.39, 0.29) is 22.7 Å². The first-order chi connectivity index (χ1) is 18.1. The van der Waals surface area contributed by atoms with Crippen LogP contribution in [0.3, 0.4) is 0 Å². The second-order valence-corrected chi connectivity index (χ2v) is 10.6. The van der Waals surface area contributed by atoms with Crippen LogP contribution < -0.4 is 14.4 Å². The number of likely N-dealkylation sites (N-methyl/N-ethyl adjacent to an activating group) is 1. The van der Waals surface area contributed by atoms with Crippen molar-refractivity contribution in [3.05, 3.63) is 89.7 Å². The van der Waals surface area contributed by atoms with Crippen molar-refractivity contribution >= 4 is 27.5 Å². The van der Waals surface area contributed by atoms with Crippen LogP contribution in [0.1, 0.15) is 25.0 Å². The van der Waals surface area contributed by atoms with Crippen molar-refractivity contribution in [1.82, 2.24) is 10.2 Å². The molecule has 0 aliphatic carbocycles. The Balaban J connectivity index is 2.04. The zero-order chi connectivity index (χ0) is 27.9. The third kappa shape index (κ3) is 6.69. The van der Waals surface area contributed by atoms with Crippen LogP contribution in [0.4, 0.5) is 10.1 Å². The Hall–Kier alpha value is -3.92. The van der Waals surface area contributed by atoms with E-state index in [9.17, 15) is 22.4 Å². The summed E-state index contributed by atoms with van der Waals surface area (Å²) in [7, 11) is -2.70. The van der Waals surface area contributed by atoms with Crippen LogP contribution >= 0.6 is 0 Å². The molecule has 0 bridgehead atoms. The van der Waals surface area contributed by atoms with Gasteiger partial charge < -0.3 is 15.0 Å². The Morgan fingerprint density at radius 2 is 1.63 bits per heavy atom. The van der Waals surface area contributed by atoms with Gasteiger partial charge in [-0.05, 0) is 63.2 Å². The number of sulfonamides is 1. The molecule has 1 N–H and O–H groups in total. The molecule has 10 heteroatoms. The molecule has 0 aliphatic rings. The van der Waals surface area contributed by atoms with E-state index < -0.39 is 40.2 Å². The second kappa shape index (κ2) is 12.6. The fourth-order valence-electron chi connectivity index (χ4n) is 3.83. The zero-order valence-corrected chi connectivity index (χ0v) is 22.7. The van der Waals surface area contributed by atoms with Gasteiger partial charge in [0.2, 0.25) is 11.8 Å². The van der Waals surface area contributed by atoms with Gasteiger partial charge in [-0.15, -0.1) is 0 Å². The summed E-state index contributed by atoms with van der Waals surface area (Å²) in [4.78, 5) is 27.6. The lowest BCUT2D eigenvalue weighted by molar-refractivity contribution is -0.139. The Labute approximate surface area is 223 Å². The summed E-state index contributed by atoms with van der Waals surface area (Å²) >= 11 is 0. The van der Waals surface area contributed by atoms with Gasteiger partial charge in [0.15, 0.2) is 0 Å². The number of methoxy groups -OCH3 is 1. The molecule has 0 aromatic heterocycles. The maximum atomic E-state index is 14.5. The summed E-state index contributed by atoms with van der Waals surface area (Å²) in [6.45, 7) is 4.61. The van der Waals surface area contributed by atoms with E-state index >= 15 is 0 Å². The highest BCUT2D eigenvalue weighted by Gasteiger charge is 2.32. The van der Waals surface area contributed by atoms with E-state index in [1.807, 2.05) is 6.92 Å². The van der Waals surface area contributed by atoms with Gasteiger partial charge in [0.1, 0.15) is 24.2 Å². The SMILES string of the molecule is CCNC(=O)[C@@H](C)N(Cc1ccccc1F)C(=O)CN(c1ccc(OC)cc1)S(=O)(=O)c1ccc(C)cc1. The van der Waals surface area contributed by atoms with E-state index in [2.05, 4.69) is 5.32 Å². The molecule has 8 nitrogen and oxygen atoms in total. The highest BCUT2D eigenvalue weighted by Crippen LogP contribution is 2.27.